The van der Waals surface area contributed by atoms with Gasteiger partial charge in [-0.05, 0) is 24.6 Å². The van der Waals surface area contributed by atoms with Crippen molar-refractivity contribution in [3.05, 3.63) is 39.9 Å². The van der Waals surface area contributed by atoms with E-state index in [1.54, 1.807) is 11.4 Å². The number of aliphatic carboxylic acids is 1. The van der Waals surface area contributed by atoms with Gasteiger partial charge in [-0.25, -0.2) is 4.98 Å². The lowest BCUT2D eigenvalue weighted by atomic mass is 10.2. The smallest absolute Gasteiger partial charge is 0.326 e. The Morgan fingerprint density at radius 3 is 3.00 bits per heavy atom. The monoisotopic (exact) mass is 297 g/mol. The van der Waals surface area contributed by atoms with Gasteiger partial charge in [0.05, 0.1) is 5.69 Å². The Morgan fingerprint density at radius 2 is 2.32 bits per heavy atom. The number of hydrogen-bond donors (Lipinski definition) is 3. The van der Waals surface area contributed by atoms with Crippen molar-refractivity contribution in [2.75, 3.05) is 5.32 Å². The Labute approximate surface area is 119 Å². The highest BCUT2D eigenvalue weighted by molar-refractivity contribution is 7.13. The molecule has 19 heavy (non-hydrogen) atoms. The van der Waals surface area contributed by atoms with E-state index in [1.165, 1.54) is 11.3 Å². The number of hydrogen-bond acceptors (Lipinski definition) is 5. The summed E-state index contributed by atoms with van der Waals surface area (Å²) < 4.78 is 0. The molecule has 0 spiro atoms. The first-order valence-corrected chi connectivity index (χ1v) is 6.70. The number of carbonyl (C=O) groups is 1. The summed E-state index contributed by atoms with van der Waals surface area (Å²) in [4.78, 5) is 14.9. The number of nitrogens with zero attached hydrogens (tertiary/aromatic N) is 1. The van der Waals surface area contributed by atoms with Gasteiger partial charge >= 0.3 is 5.97 Å². The first kappa shape index (κ1) is 13.8. The van der Waals surface area contributed by atoms with Gasteiger partial charge in [0.2, 0.25) is 0 Å². The van der Waals surface area contributed by atoms with Crippen LogP contribution < -0.4 is 11.1 Å². The number of carboxylic acids is 1. The van der Waals surface area contributed by atoms with Crippen molar-refractivity contribution in [2.24, 2.45) is 5.73 Å². The number of benzene rings is 1. The number of nitrogens with one attached hydrogen (secondary N) is 1. The van der Waals surface area contributed by atoms with Gasteiger partial charge in [0.1, 0.15) is 6.04 Å². The second-order valence-corrected chi connectivity index (χ2v) is 5.20. The van der Waals surface area contributed by atoms with Gasteiger partial charge in [0.15, 0.2) is 5.13 Å². The minimum atomic E-state index is -1.10. The van der Waals surface area contributed by atoms with Crippen molar-refractivity contribution in [3.63, 3.8) is 0 Å². The quantitative estimate of drug-likeness (QED) is 0.807. The molecule has 2 rings (SSSR count). The second-order valence-electron chi connectivity index (χ2n) is 3.93. The van der Waals surface area contributed by atoms with Gasteiger partial charge in [-0.3, -0.25) is 4.79 Å². The summed E-state index contributed by atoms with van der Waals surface area (Å²) in [6, 6.07) is 4.40. The average molecular weight is 298 g/mol. The van der Waals surface area contributed by atoms with Crippen molar-refractivity contribution in [1.29, 1.82) is 0 Å². The van der Waals surface area contributed by atoms with Crippen LogP contribution in [-0.4, -0.2) is 16.1 Å². The average Bonchev–Trinajstić information content (AvgIpc) is 2.82. The zero-order valence-corrected chi connectivity index (χ0v) is 11.6. The summed E-state index contributed by atoms with van der Waals surface area (Å²) in [5.41, 5.74) is 7.56. The third-order valence-electron chi connectivity index (χ3n) is 2.62. The standard InChI is InChI=1S/C12H12ClN3O2S/c1-6-7(13)3-2-4-8(6)15-12-16-9(5-19-12)10(14)11(17)18/h2-5,10H,14H2,1H3,(H,15,16)(H,17,18). The maximum atomic E-state index is 10.8. The first-order valence-electron chi connectivity index (χ1n) is 5.45. The normalized spacial score (nSPS) is 12.2. The molecular weight excluding hydrogens is 286 g/mol. The fourth-order valence-electron chi connectivity index (χ4n) is 1.47. The van der Waals surface area contributed by atoms with Crippen LogP contribution >= 0.6 is 22.9 Å². The zero-order valence-electron chi connectivity index (χ0n) is 10.1. The predicted molar refractivity (Wildman–Crippen MR) is 76.1 cm³/mol. The van der Waals surface area contributed by atoms with Crippen molar-refractivity contribution in [3.8, 4) is 0 Å². The van der Waals surface area contributed by atoms with E-state index in [0.717, 1.165) is 11.3 Å². The van der Waals surface area contributed by atoms with Crippen LogP contribution in [0.5, 0.6) is 0 Å². The molecule has 0 saturated carbocycles. The van der Waals surface area contributed by atoms with E-state index in [-0.39, 0.29) is 0 Å². The van der Waals surface area contributed by atoms with Crippen LogP contribution in [0.25, 0.3) is 0 Å². The van der Waals surface area contributed by atoms with E-state index in [1.807, 2.05) is 19.1 Å². The van der Waals surface area contributed by atoms with Crippen LogP contribution in [0.15, 0.2) is 23.6 Å². The number of anilines is 2. The van der Waals surface area contributed by atoms with E-state index >= 15 is 0 Å². The van der Waals surface area contributed by atoms with Gasteiger partial charge in [0, 0.05) is 16.1 Å². The van der Waals surface area contributed by atoms with E-state index in [2.05, 4.69) is 10.3 Å². The van der Waals surface area contributed by atoms with Crippen molar-refractivity contribution >= 4 is 39.7 Å². The van der Waals surface area contributed by atoms with E-state index in [0.29, 0.717) is 15.8 Å². The molecule has 0 radical (unpaired) electrons. The van der Waals surface area contributed by atoms with Gasteiger partial charge in [-0.1, -0.05) is 17.7 Å². The van der Waals surface area contributed by atoms with Crippen LogP contribution in [0.4, 0.5) is 10.8 Å². The van der Waals surface area contributed by atoms with E-state index < -0.39 is 12.0 Å². The molecule has 0 aliphatic rings. The maximum absolute atomic E-state index is 10.8. The molecule has 100 valence electrons. The summed E-state index contributed by atoms with van der Waals surface area (Å²) in [6.45, 7) is 1.89. The lowest BCUT2D eigenvalue weighted by molar-refractivity contribution is -0.138. The van der Waals surface area contributed by atoms with E-state index in [9.17, 15) is 4.79 Å². The molecule has 1 aromatic heterocycles. The molecule has 1 unspecified atom stereocenters. The van der Waals surface area contributed by atoms with Gasteiger partial charge in [-0.15, -0.1) is 11.3 Å². The Balaban J connectivity index is 2.20. The second kappa shape index (κ2) is 5.56. The van der Waals surface area contributed by atoms with Crippen LogP contribution in [0.1, 0.15) is 17.3 Å². The highest BCUT2D eigenvalue weighted by Crippen LogP contribution is 2.28. The third-order valence-corrected chi connectivity index (χ3v) is 3.80. The predicted octanol–water partition coefficient (Wildman–Crippen LogP) is 2.93. The summed E-state index contributed by atoms with van der Waals surface area (Å²) in [6.07, 6.45) is 0. The number of halogens is 1. The van der Waals surface area contributed by atoms with E-state index in [4.69, 9.17) is 22.4 Å². The Morgan fingerprint density at radius 1 is 1.58 bits per heavy atom. The number of aromatic nitrogens is 1. The van der Waals surface area contributed by atoms with Gasteiger partial charge in [0.25, 0.3) is 0 Å². The molecule has 0 saturated heterocycles. The Bertz CT molecular complexity index is 615. The maximum Gasteiger partial charge on any atom is 0.326 e. The molecule has 0 aliphatic carbocycles. The molecule has 1 atom stereocenters. The molecule has 0 fully saturated rings. The van der Waals surface area contributed by atoms with Crippen LogP contribution in [-0.2, 0) is 4.79 Å². The summed E-state index contributed by atoms with van der Waals surface area (Å²) >= 11 is 7.32. The largest absolute Gasteiger partial charge is 0.480 e. The molecular formula is C12H12ClN3O2S. The highest BCUT2D eigenvalue weighted by Gasteiger charge is 2.17. The van der Waals surface area contributed by atoms with Crippen molar-refractivity contribution in [2.45, 2.75) is 13.0 Å². The molecule has 5 nitrogen and oxygen atoms in total. The molecule has 2 aromatic rings. The Hall–Kier alpha value is -1.63. The molecule has 1 heterocycles. The number of rotatable bonds is 4. The molecule has 0 bridgehead atoms. The number of carboxylic acid groups (broad SMARTS) is 1. The minimum absolute atomic E-state index is 0.333. The number of thiazole rings is 1. The summed E-state index contributed by atoms with van der Waals surface area (Å²) in [5, 5.41) is 14.8. The van der Waals surface area contributed by atoms with Crippen LogP contribution in [0.3, 0.4) is 0 Å². The highest BCUT2D eigenvalue weighted by atomic mass is 35.5. The van der Waals surface area contributed by atoms with Crippen LogP contribution in [0, 0.1) is 6.92 Å². The molecule has 0 amide bonds. The lowest BCUT2D eigenvalue weighted by Gasteiger charge is -2.07. The minimum Gasteiger partial charge on any atom is -0.480 e. The number of nitrogens with two attached hydrogens (primary N) is 1. The topological polar surface area (TPSA) is 88.2 Å². The zero-order chi connectivity index (χ0) is 14.0. The SMILES string of the molecule is Cc1c(Cl)cccc1Nc1nc(C(N)C(=O)O)cs1. The van der Waals surface area contributed by atoms with Crippen molar-refractivity contribution in [1.82, 2.24) is 4.98 Å². The third kappa shape index (κ3) is 3.04. The van der Waals surface area contributed by atoms with Crippen molar-refractivity contribution < 1.29 is 9.90 Å². The summed E-state index contributed by atoms with van der Waals surface area (Å²) in [7, 11) is 0. The summed E-state index contributed by atoms with van der Waals surface area (Å²) in [5.74, 6) is -1.10. The molecule has 7 heteroatoms. The molecule has 1 aromatic carbocycles. The Kier molecular flexibility index (Phi) is 4.04. The van der Waals surface area contributed by atoms with Crippen LogP contribution in [0.2, 0.25) is 5.02 Å². The molecule has 0 aliphatic heterocycles. The van der Waals surface area contributed by atoms with Gasteiger partial charge in [-0.2, -0.15) is 0 Å². The molecule has 4 N–H and O–H groups in total. The first-order chi connectivity index (χ1) is 8.99. The van der Waals surface area contributed by atoms with Gasteiger partial charge < -0.3 is 16.2 Å². The fraction of sp³-hybridized carbons (Fsp3) is 0.167. The lowest BCUT2D eigenvalue weighted by Crippen LogP contribution is -2.20. The fourth-order valence-corrected chi connectivity index (χ4v) is 2.40.